The third-order valence-electron chi connectivity index (χ3n) is 2.16. The number of anilines is 1. The molecule has 102 valence electrons. The average Bonchev–Trinajstić information content (AvgIpc) is 2.30. The van der Waals surface area contributed by atoms with E-state index in [-0.39, 0.29) is 23.3 Å². The molecule has 0 fully saturated rings. The van der Waals surface area contributed by atoms with Gasteiger partial charge < -0.3 is 11.1 Å². The van der Waals surface area contributed by atoms with Crippen molar-refractivity contribution < 1.29 is 9.18 Å². The van der Waals surface area contributed by atoms with Gasteiger partial charge in [0.1, 0.15) is 5.82 Å². The fraction of sp³-hybridized carbons (Fsp3) is 0.364. The Hall–Kier alpha value is -0.490. The number of carbonyl (C=O) groups excluding carboxylic acids is 1. The summed E-state index contributed by atoms with van der Waals surface area (Å²) >= 11 is 7.23. The van der Waals surface area contributed by atoms with Crippen LogP contribution in [0.25, 0.3) is 0 Å². The fourth-order valence-electron chi connectivity index (χ4n) is 1.18. The van der Waals surface area contributed by atoms with Gasteiger partial charge in [-0.25, -0.2) is 4.39 Å². The number of nitrogens with one attached hydrogen (secondary N) is 1. The van der Waals surface area contributed by atoms with Gasteiger partial charge in [0.2, 0.25) is 5.91 Å². The van der Waals surface area contributed by atoms with E-state index in [1.807, 2.05) is 6.26 Å². The number of hydrogen-bond acceptors (Lipinski definition) is 3. The number of thioether (sulfide) groups is 1. The lowest BCUT2D eigenvalue weighted by molar-refractivity contribution is -0.117. The van der Waals surface area contributed by atoms with Crippen LogP contribution in [0.3, 0.4) is 0 Å². The molecule has 1 aromatic rings. The quantitative estimate of drug-likeness (QED) is 0.879. The van der Waals surface area contributed by atoms with Crippen LogP contribution in [0.5, 0.6) is 0 Å². The predicted octanol–water partition coefficient (Wildman–Crippen LogP) is 2.92. The van der Waals surface area contributed by atoms with Gasteiger partial charge in [-0.3, -0.25) is 4.79 Å². The summed E-state index contributed by atoms with van der Waals surface area (Å²) in [6, 6.07) is 3.44. The van der Waals surface area contributed by atoms with E-state index in [1.165, 1.54) is 18.2 Å². The summed E-state index contributed by atoms with van der Waals surface area (Å²) in [5.41, 5.74) is 6.13. The van der Waals surface area contributed by atoms with E-state index in [0.717, 1.165) is 5.75 Å². The van der Waals surface area contributed by atoms with E-state index in [1.54, 1.807) is 11.8 Å². The third kappa shape index (κ3) is 5.44. The van der Waals surface area contributed by atoms with Crippen LogP contribution in [0, 0.1) is 5.82 Å². The summed E-state index contributed by atoms with van der Waals surface area (Å²) in [6.45, 7) is 0. The van der Waals surface area contributed by atoms with Gasteiger partial charge in [0.25, 0.3) is 0 Å². The maximum absolute atomic E-state index is 12.9. The molecule has 0 saturated heterocycles. The SMILES string of the molecule is CSCC[C@H](N)C(=O)Nc1ccc(F)c(Cl)c1.Cl. The van der Waals surface area contributed by atoms with Gasteiger partial charge in [0.05, 0.1) is 11.1 Å². The van der Waals surface area contributed by atoms with Crippen molar-refractivity contribution in [2.24, 2.45) is 5.73 Å². The Labute approximate surface area is 121 Å². The minimum Gasteiger partial charge on any atom is -0.325 e. The minimum absolute atomic E-state index is 0. The average molecular weight is 313 g/mol. The summed E-state index contributed by atoms with van der Waals surface area (Å²) in [4.78, 5) is 11.6. The van der Waals surface area contributed by atoms with Gasteiger partial charge >= 0.3 is 0 Å². The zero-order chi connectivity index (χ0) is 12.8. The highest BCUT2D eigenvalue weighted by molar-refractivity contribution is 7.98. The van der Waals surface area contributed by atoms with E-state index >= 15 is 0 Å². The molecule has 1 aromatic carbocycles. The normalized spacial score (nSPS) is 11.6. The summed E-state index contributed by atoms with van der Waals surface area (Å²) in [5.74, 6) is 0.0109. The van der Waals surface area contributed by atoms with E-state index < -0.39 is 11.9 Å². The molecule has 0 radical (unpaired) electrons. The van der Waals surface area contributed by atoms with Gasteiger partial charge in [0.15, 0.2) is 0 Å². The van der Waals surface area contributed by atoms with Crippen molar-refractivity contribution in [1.82, 2.24) is 0 Å². The topological polar surface area (TPSA) is 55.1 Å². The van der Waals surface area contributed by atoms with Crippen molar-refractivity contribution in [1.29, 1.82) is 0 Å². The van der Waals surface area contributed by atoms with Crippen LogP contribution in [0.1, 0.15) is 6.42 Å². The molecule has 0 aliphatic carbocycles. The summed E-state index contributed by atoms with van der Waals surface area (Å²) < 4.78 is 12.9. The Bertz CT molecular complexity index is 407. The zero-order valence-corrected chi connectivity index (χ0v) is 12.2. The fourth-order valence-corrected chi connectivity index (χ4v) is 1.85. The molecule has 0 aliphatic heterocycles. The van der Waals surface area contributed by atoms with Crippen molar-refractivity contribution in [3.63, 3.8) is 0 Å². The number of nitrogens with two attached hydrogens (primary N) is 1. The van der Waals surface area contributed by atoms with Crippen molar-refractivity contribution >= 4 is 47.4 Å². The van der Waals surface area contributed by atoms with Crippen LogP contribution in [-0.4, -0.2) is 24.0 Å². The molecule has 18 heavy (non-hydrogen) atoms. The molecule has 1 rings (SSSR count). The highest BCUT2D eigenvalue weighted by Crippen LogP contribution is 2.19. The number of benzene rings is 1. The van der Waals surface area contributed by atoms with E-state index in [2.05, 4.69) is 5.32 Å². The Balaban J connectivity index is 0.00000289. The molecular formula is C11H15Cl2FN2OS. The van der Waals surface area contributed by atoms with Gasteiger partial charge in [-0.1, -0.05) is 11.6 Å². The number of amides is 1. The van der Waals surface area contributed by atoms with E-state index in [4.69, 9.17) is 17.3 Å². The summed E-state index contributed by atoms with van der Waals surface area (Å²) in [5, 5.41) is 2.57. The van der Waals surface area contributed by atoms with Gasteiger partial charge in [-0.05, 0) is 36.6 Å². The van der Waals surface area contributed by atoms with Gasteiger partial charge in [0, 0.05) is 5.69 Å². The molecule has 0 saturated carbocycles. The summed E-state index contributed by atoms with van der Waals surface area (Å²) in [6.07, 6.45) is 2.55. The molecule has 0 aliphatic rings. The number of hydrogen-bond donors (Lipinski definition) is 2. The first-order chi connectivity index (χ1) is 8.04. The van der Waals surface area contributed by atoms with Crippen LogP contribution in [0.4, 0.5) is 10.1 Å². The lowest BCUT2D eigenvalue weighted by Gasteiger charge is -2.11. The van der Waals surface area contributed by atoms with Crippen LogP contribution in [-0.2, 0) is 4.79 Å². The second-order valence-electron chi connectivity index (χ2n) is 3.51. The number of carbonyl (C=O) groups is 1. The van der Waals surface area contributed by atoms with E-state index in [9.17, 15) is 9.18 Å². The Morgan fingerprint density at radius 3 is 2.83 bits per heavy atom. The molecule has 0 bridgehead atoms. The van der Waals surface area contributed by atoms with Crippen molar-refractivity contribution in [2.75, 3.05) is 17.3 Å². The Morgan fingerprint density at radius 2 is 2.28 bits per heavy atom. The smallest absolute Gasteiger partial charge is 0.241 e. The van der Waals surface area contributed by atoms with Crippen LogP contribution < -0.4 is 11.1 Å². The monoisotopic (exact) mass is 312 g/mol. The standard InChI is InChI=1S/C11H14ClFN2OS.ClH/c1-17-5-4-10(14)11(16)15-7-2-3-9(13)8(12)6-7;/h2-3,6,10H,4-5,14H2,1H3,(H,15,16);1H/t10-;/m0./s1. The minimum atomic E-state index is -0.564. The molecule has 0 spiro atoms. The highest BCUT2D eigenvalue weighted by atomic mass is 35.5. The van der Waals surface area contributed by atoms with Crippen LogP contribution in [0.15, 0.2) is 18.2 Å². The maximum Gasteiger partial charge on any atom is 0.241 e. The lowest BCUT2D eigenvalue weighted by atomic mass is 10.2. The summed E-state index contributed by atoms with van der Waals surface area (Å²) in [7, 11) is 0. The molecule has 1 amide bonds. The molecule has 0 heterocycles. The van der Waals surface area contributed by atoms with Crippen molar-refractivity contribution in [3.05, 3.63) is 29.0 Å². The zero-order valence-electron chi connectivity index (χ0n) is 9.78. The van der Waals surface area contributed by atoms with Crippen LogP contribution >= 0.6 is 35.8 Å². The molecule has 7 heteroatoms. The Kier molecular flexibility index (Phi) is 8.35. The molecule has 3 N–H and O–H groups in total. The first-order valence-corrected chi connectivity index (χ1v) is 6.82. The lowest BCUT2D eigenvalue weighted by Crippen LogP contribution is -2.36. The number of rotatable bonds is 5. The molecule has 3 nitrogen and oxygen atoms in total. The first kappa shape index (κ1) is 17.5. The van der Waals surface area contributed by atoms with E-state index in [0.29, 0.717) is 12.1 Å². The predicted molar refractivity (Wildman–Crippen MR) is 78.3 cm³/mol. The second kappa shape index (κ2) is 8.58. The number of halogens is 3. The molecule has 0 aromatic heterocycles. The van der Waals surface area contributed by atoms with Crippen LogP contribution in [0.2, 0.25) is 5.02 Å². The highest BCUT2D eigenvalue weighted by Gasteiger charge is 2.13. The second-order valence-corrected chi connectivity index (χ2v) is 4.90. The first-order valence-electron chi connectivity index (χ1n) is 5.05. The Morgan fingerprint density at radius 1 is 1.61 bits per heavy atom. The largest absolute Gasteiger partial charge is 0.325 e. The van der Waals surface area contributed by atoms with Gasteiger partial charge in [-0.15, -0.1) is 12.4 Å². The van der Waals surface area contributed by atoms with Crippen molar-refractivity contribution in [3.8, 4) is 0 Å². The maximum atomic E-state index is 12.9. The van der Waals surface area contributed by atoms with Gasteiger partial charge in [-0.2, -0.15) is 11.8 Å². The molecular weight excluding hydrogens is 298 g/mol. The van der Waals surface area contributed by atoms with Crippen molar-refractivity contribution in [2.45, 2.75) is 12.5 Å². The third-order valence-corrected chi connectivity index (χ3v) is 3.09. The molecule has 1 atom stereocenters. The molecule has 0 unspecified atom stereocenters.